The molecule has 0 amide bonds. The van der Waals surface area contributed by atoms with Crippen molar-refractivity contribution in [2.75, 3.05) is 13.1 Å². The summed E-state index contributed by atoms with van der Waals surface area (Å²) in [6, 6.07) is 4.73. The van der Waals surface area contributed by atoms with E-state index < -0.39 is 0 Å². The number of hydrogen-bond donors (Lipinski definition) is 0. The molecule has 2 atom stereocenters. The fraction of sp³-hybridized carbons (Fsp3) is 0.688. The maximum absolute atomic E-state index is 12.4. The minimum absolute atomic E-state index is 0.323. The van der Waals surface area contributed by atoms with E-state index in [1.165, 1.54) is 43.4 Å². The number of carbonyl (C=O) groups excluding carboxylic acids is 1. The predicted molar refractivity (Wildman–Crippen MR) is 79.9 cm³/mol. The van der Waals surface area contributed by atoms with Crippen molar-refractivity contribution in [2.45, 2.75) is 51.5 Å². The van der Waals surface area contributed by atoms with Gasteiger partial charge in [-0.2, -0.15) is 0 Å². The third kappa shape index (κ3) is 2.92. The fourth-order valence-electron chi connectivity index (χ4n) is 3.77. The Balaban J connectivity index is 1.66. The number of rotatable bonds is 3. The molecule has 0 spiro atoms. The summed E-state index contributed by atoms with van der Waals surface area (Å²) in [7, 11) is 0. The van der Waals surface area contributed by atoms with E-state index in [9.17, 15) is 4.79 Å². The molecule has 2 aliphatic rings. The first-order valence-electron chi connectivity index (χ1n) is 7.58. The third-order valence-electron chi connectivity index (χ3n) is 4.72. The van der Waals surface area contributed by atoms with Crippen molar-refractivity contribution < 1.29 is 4.79 Å². The van der Waals surface area contributed by atoms with Crippen LogP contribution in [0.1, 0.15) is 53.1 Å². The van der Waals surface area contributed by atoms with E-state index in [2.05, 4.69) is 17.9 Å². The van der Waals surface area contributed by atoms with Crippen LogP contribution < -0.4 is 0 Å². The van der Waals surface area contributed by atoms with Crippen molar-refractivity contribution in [1.82, 2.24) is 4.90 Å². The van der Waals surface area contributed by atoms with Crippen LogP contribution in [0.2, 0.25) is 0 Å². The van der Waals surface area contributed by atoms with Gasteiger partial charge < -0.3 is 0 Å². The van der Waals surface area contributed by atoms with Crippen molar-refractivity contribution in [3.8, 4) is 0 Å². The highest BCUT2D eigenvalue weighted by Crippen LogP contribution is 2.35. The Morgan fingerprint density at radius 2 is 2.05 bits per heavy atom. The summed E-state index contributed by atoms with van der Waals surface area (Å²) in [6.45, 7) is 3.83. The molecule has 1 saturated carbocycles. The van der Waals surface area contributed by atoms with E-state index in [0.717, 1.165) is 17.3 Å². The average molecular weight is 277 g/mol. The van der Waals surface area contributed by atoms with Gasteiger partial charge in [0.2, 0.25) is 0 Å². The molecule has 3 rings (SSSR count). The van der Waals surface area contributed by atoms with Crippen LogP contribution >= 0.6 is 11.3 Å². The molecule has 2 heterocycles. The minimum atomic E-state index is 0.323. The number of piperidine rings is 1. The molecule has 1 aliphatic carbocycles. The summed E-state index contributed by atoms with van der Waals surface area (Å²) in [5.41, 5.74) is 0. The number of hydrogen-bond acceptors (Lipinski definition) is 3. The van der Waals surface area contributed by atoms with Crippen molar-refractivity contribution in [3.63, 3.8) is 0 Å². The zero-order valence-electron chi connectivity index (χ0n) is 11.7. The van der Waals surface area contributed by atoms with Crippen molar-refractivity contribution in [2.24, 2.45) is 5.92 Å². The lowest BCUT2D eigenvalue weighted by Gasteiger charge is -2.43. The van der Waals surface area contributed by atoms with Gasteiger partial charge >= 0.3 is 0 Å². The molecule has 1 aliphatic heterocycles. The normalized spacial score (nSPS) is 28.1. The fourth-order valence-corrected chi connectivity index (χ4v) is 4.57. The van der Waals surface area contributed by atoms with Gasteiger partial charge in [-0.15, -0.1) is 11.3 Å². The second-order valence-electron chi connectivity index (χ2n) is 6.06. The van der Waals surface area contributed by atoms with Gasteiger partial charge in [-0.1, -0.05) is 12.8 Å². The predicted octanol–water partition coefficient (Wildman–Crippen LogP) is 3.89. The van der Waals surface area contributed by atoms with E-state index in [1.807, 2.05) is 6.07 Å². The molecule has 0 aromatic carbocycles. The Bertz CT molecular complexity index is 451. The first-order chi connectivity index (χ1) is 9.24. The molecule has 2 nitrogen and oxygen atoms in total. The lowest BCUT2D eigenvalue weighted by Crippen LogP contribution is -2.48. The summed E-state index contributed by atoms with van der Waals surface area (Å²) in [6.07, 6.45) is 8.09. The van der Waals surface area contributed by atoms with Crippen molar-refractivity contribution in [3.05, 3.63) is 21.9 Å². The molecule has 1 aromatic rings. The van der Waals surface area contributed by atoms with E-state index >= 15 is 0 Å². The van der Waals surface area contributed by atoms with Crippen LogP contribution in [0, 0.1) is 12.8 Å². The summed E-state index contributed by atoms with van der Waals surface area (Å²) in [4.78, 5) is 17.0. The van der Waals surface area contributed by atoms with Gasteiger partial charge in [0.25, 0.3) is 0 Å². The number of carbonyl (C=O) groups is 1. The van der Waals surface area contributed by atoms with E-state index in [1.54, 1.807) is 11.3 Å². The maximum Gasteiger partial charge on any atom is 0.186 e. The van der Waals surface area contributed by atoms with Crippen molar-refractivity contribution >= 4 is 17.1 Å². The van der Waals surface area contributed by atoms with Gasteiger partial charge in [-0.3, -0.25) is 9.69 Å². The number of Topliss-reactive ketones (excluding diaryl/α,β-unsaturated/α-hetero) is 1. The molecular weight excluding hydrogens is 254 g/mol. The summed E-state index contributed by atoms with van der Waals surface area (Å²) < 4.78 is 0. The largest absolute Gasteiger partial charge is 0.293 e. The quantitative estimate of drug-likeness (QED) is 0.781. The summed E-state index contributed by atoms with van der Waals surface area (Å²) in [5.74, 6) is 1.18. The molecule has 2 unspecified atom stereocenters. The van der Waals surface area contributed by atoms with Gasteiger partial charge in [0.15, 0.2) is 5.78 Å². The number of likely N-dealkylation sites (tertiary alicyclic amines) is 1. The first kappa shape index (κ1) is 13.3. The van der Waals surface area contributed by atoms with Crippen molar-refractivity contribution in [1.29, 1.82) is 0 Å². The topological polar surface area (TPSA) is 20.3 Å². The zero-order valence-corrected chi connectivity index (χ0v) is 12.5. The number of aryl methyl sites for hydroxylation is 1. The van der Waals surface area contributed by atoms with E-state index in [0.29, 0.717) is 18.4 Å². The molecule has 2 fully saturated rings. The molecule has 0 bridgehead atoms. The highest BCUT2D eigenvalue weighted by Gasteiger charge is 2.34. The number of fused-ring (bicyclic) bond motifs is 1. The third-order valence-corrected chi connectivity index (χ3v) is 5.76. The SMILES string of the molecule is Cc1ccc(C(=O)CN2CCCC3CCCCC32)s1. The van der Waals surface area contributed by atoms with Crippen LogP contribution in [0.5, 0.6) is 0 Å². The molecule has 0 N–H and O–H groups in total. The molecule has 1 saturated heterocycles. The second kappa shape index (κ2) is 5.76. The number of nitrogens with zero attached hydrogens (tertiary/aromatic N) is 1. The van der Waals surface area contributed by atoms with Crippen LogP contribution in [-0.4, -0.2) is 29.8 Å². The Morgan fingerprint density at radius 1 is 1.26 bits per heavy atom. The molecule has 104 valence electrons. The molecule has 19 heavy (non-hydrogen) atoms. The van der Waals surface area contributed by atoms with Gasteiger partial charge in [0, 0.05) is 10.9 Å². The minimum Gasteiger partial charge on any atom is -0.293 e. The van der Waals surface area contributed by atoms with Crippen LogP contribution in [0.25, 0.3) is 0 Å². The Morgan fingerprint density at radius 3 is 2.84 bits per heavy atom. The lowest BCUT2D eigenvalue weighted by atomic mass is 9.78. The monoisotopic (exact) mass is 277 g/mol. The highest BCUT2D eigenvalue weighted by atomic mass is 32.1. The van der Waals surface area contributed by atoms with Crippen LogP contribution in [0.4, 0.5) is 0 Å². The van der Waals surface area contributed by atoms with Crippen LogP contribution in [0.3, 0.4) is 0 Å². The number of thiophene rings is 1. The van der Waals surface area contributed by atoms with Gasteiger partial charge in [0.05, 0.1) is 11.4 Å². The molecule has 1 aromatic heterocycles. The van der Waals surface area contributed by atoms with Crippen LogP contribution in [-0.2, 0) is 0 Å². The highest BCUT2D eigenvalue weighted by molar-refractivity contribution is 7.14. The van der Waals surface area contributed by atoms with Crippen LogP contribution in [0.15, 0.2) is 12.1 Å². The van der Waals surface area contributed by atoms with Gasteiger partial charge in [-0.25, -0.2) is 0 Å². The smallest absolute Gasteiger partial charge is 0.186 e. The zero-order chi connectivity index (χ0) is 13.2. The standard InChI is InChI=1S/C16H23NOS/c1-12-8-9-16(19-12)15(18)11-17-10-4-6-13-5-2-3-7-14(13)17/h8-9,13-14H,2-7,10-11H2,1H3. The summed E-state index contributed by atoms with van der Waals surface area (Å²) >= 11 is 1.64. The number of ketones is 1. The van der Waals surface area contributed by atoms with Gasteiger partial charge in [-0.05, 0) is 57.2 Å². The van der Waals surface area contributed by atoms with Gasteiger partial charge in [0.1, 0.15) is 0 Å². The van der Waals surface area contributed by atoms with E-state index in [-0.39, 0.29) is 0 Å². The Hall–Kier alpha value is -0.670. The molecule has 0 radical (unpaired) electrons. The summed E-state index contributed by atoms with van der Waals surface area (Å²) in [5, 5.41) is 0. The lowest BCUT2D eigenvalue weighted by molar-refractivity contribution is 0.0541. The Kier molecular flexibility index (Phi) is 4.04. The molecule has 3 heteroatoms. The van der Waals surface area contributed by atoms with E-state index in [4.69, 9.17) is 0 Å². The average Bonchev–Trinajstić information content (AvgIpc) is 2.86. The second-order valence-corrected chi connectivity index (χ2v) is 7.35. The maximum atomic E-state index is 12.4. The Labute approximate surface area is 119 Å². The molecular formula is C16H23NOS. The first-order valence-corrected chi connectivity index (χ1v) is 8.39.